The normalized spacial score (nSPS) is 11.6. The second-order valence-electron chi connectivity index (χ2n) is 14.0. The summed E-state index contributed by atoms with van der Waals surface area (Å²) in [6, 6.07) is 67.3. The molecular formula is C51H32N4O. The van der Waals surface area contributed by atoms with E-state index < -0.39 is 0 Å². The van der Waals surface area contributed by atoms with Gasteiger partial charge in [-0.2, -0.15) is 0 Å². The average Bonchev–Trinajstić information content (AvgIpc) is 3.83. The van der Waals surface area contributed by atoms with Gasteiger partial charge in [0.2, 0.25) is 0 Å². The van der Waals surface area contributed by atoms with E-state index in [1.54, 1.807) is 0 Å². The SMILES string of the molecule is c1ccc(-c2nc(-c3ccccc3)nc(-c3ccc4c(oc5c(-c6ccc7c(c6)c6ccccc6n7-c6ccccc6)cccc54)c3-c3ccccc3)n2)cc1. The average molecular weight is 717 g/mol. The van der Waals surface area contributed by atoms with Crippen LogP contribution in [0.5, 0.6) is 0 Å². The first kappa shape index (κ1) is 31.9. The molecule has 8 aromatic carbocycles. The van der Waals surface area contributed by atoms with E-state index in [9.17, 15) is 0 Å². The fraction of sp³-hybridized carbons (Fsp3) is 0. The predicted octanol–water partition coefficient (Wildman–Crippen LogP) is 13.2. The largest absolute Gasteiger partial charge is 0.455 e. The molecule has 11 rings (SSSR count). The molecule has 0 saturated heterocycles. The van der Waals surface area contributed by atoms with E-state index in [2.05, 4.69) is 132 Å². The van der Waals surface area contributed by atoms with Gasteiger partial charge in [0.25, 0.3) is 0 Å². The standard InChI is InChI=1S/C51H32N4O/c1-5-16-33(17-6-1)46-42(51-53-49(34-18-7-2-8-19-34)52-50(54-51)35-20-9-3-10-21-35)30-29-41-40-26-15-25-38(47(40)56-48(41)46)36-28-31-45-43(32-36)39-24-13-14-27-44(39)55(45)37-22-11-4-12-23-37/h1-32H. The topological polar surface area (TPSA) is 56.7 Å². The van der Waals surface area contributed by atoms with E-state index in [1.807, 2.05) is 66.7 Å². The van der Waals surface area contributed by atoms with Crippen LogP contribution in [0.3, 0.4) is 0 Å². The molecule has 0 amide bonds. The number of hydrogen-bond acceptors (Lipinski definition) is 4. The second-order valence-corrected chi connectivity index (χ2v) is 14.0. The highest BCUT2D eigenvalue weighted by Gasteiger charge is 2.23. The maximum atomic E-state index is 7.11. The van der Waals surface area contributed by atoms with E-state index in [1.165, 1.54) is 16.3 Å². The number of fused-ring (bicyclic) bond motifs is 6. The molecule has 3 heterocycles. The van der Waals surface area contributed by atoms with Crippen molar-refractivity contribution >= 4 is 43.7 Å². The Balaban J connectivity index is 1.14. The number of furan rings is 1. The molecule has 5 heteroatoms. The summed E-state index contributed by atoms with van der Waals surface area (Å²) < 4.78 is 9.46. The highest BCUT2D eigenvalue weighted by atomic mass is 16.3. The highest BCUT2D eigenvalue weighted by molar-refractivity contribution is 6.16. The minimum Gasteiger partial charge on any atom is -0.455 e. The summed E-state index contributed by atoms with van der Waals surface area (Å²) in [6.07, 6.45) is 0. The Hall–Kier alpha value is -7.63. The first-order chi connectivity index (χ1) is 27.8. The van der Waals surface area contributed by atoms with Crippen LogP contribution in [0.15, 0.2) is 199 Å². The predicted molar refractivity (Wildman–Crippen MR) is 229 cm³/mol. The Bertz CT molecular complexity index is 3170. The van der Waals surface area contributed by atoms with Gasteiger partial charge in [0.05, 0.1) is 11.0 Å². The molecule has 0 N–H and O–H groups in total. The first-order valence-electron chi connectivity index (χ1n) is 18.8. The molecule has 0 saturated carbocycles. The minimum atomic E-state index is 0.583. The Morgan fingerprint density at radius 3 is 1.59 bits per heavy atom. The van der Waals surface area contributed by atoms with Crippen molar-refractivity contribution in [1.82, 2.24) is 19.5 Å². The monoisotopic (exact) mass is 716 g/mol. The maximum absolute atomic E-state index is 7.11. The minimum absolute atomic E-state index is 0.583. The zero-order valence-electron chi connectivity index (χ0n) is 30.2. The van der Waals surface area contributed by atoms with Crippen LogP contribution in [0, 0.1) is 0 Å². The van der Waals surface area contributed by atoms with Crippen molar-refractivity contribution in [3.8, 4) is 62.1 Å². The number of rotatable bonds is 6. The van der Waals surface area contributed by atoms with Crippen molar-refractivity contribution in [3.05, 3.63) is 194 Å². The summed E-state index contributed by atoms with van der Waals surface area (Å²) in [5, 5.41) is 4.49. The van der Waals surface area contributed by atoms with Crippen LogP contribution < -0.4 is 0 Å². The number of benzene rings is 8. The molecule has 3 aromatic heterocycles. The summed E-state index contributed by atoms with van der Waals surface area (Å²) in [4.78, 5) is 15.2. The quantitative estimate of drug-likeness (QED) is 0.172. The van der Waals surface area contributed by atoms with Gasteiger partial charge in [-0.1, -0.05) is 152 Å². The van der Waals surface area contributed by atoms with E-state index in [0.29, 0.717) is 17.5 Å². The lowest BCUT2D eigenvalue weighted by molar-refractivity contribution is 0.671. The van der Waals surface area contributed by atoms with E-state index >= 15 is 0 Å². The Morgan fingerprint density at radius 1 is 0.339 bits per heavy atom. The van der Waals surface area contributed by atoms with Crippen LogP contribution in [0.4, 0.5) is 0 Å². The molecule has 0 atom stereocenters. The molecule has 0 aliphatic rings. The van der Waals surface area contributed by atoms with E-state index in [0.717, 1.165) is 72.1 Å². The lowest BCUT2D eigenvalue weighted by Crippen LogP contribution is -2.01. The summed E-state index contributed by atoms with van der Waals surface area (Å²) in [5.41, 5.74) is 11.9. The lowest BCUT2D eigenvalue weighted by Gasteiger charge is -2.12. The van der Waals surface area contributed by atoms with Gasteiger partial charge >= 0.3 is 0 Å². The molecule has 0 spiro atoms. The number of nitrogens with zero attached hydrogens (tertiary/aromatic N) is 4. The molecule has 0 radical (unpaired) electrons. The fourth-order valence-corrected chi connectivity index (χ4v) is 8.09. The molecule has 11 aromatic rings. The summed E-state index contributed by atoms with van der Waals surface area (Å²) >= 11 is 0. The Morgan fingerprint density at radius 2 is 0.893 bits per heavy atom. The molecule has 0 bridgehead atoms. The summed E-state index contributed by atoms with van der Waals surface area (Å²) in [5.74, 6) is 1.81. The van der Waals surface area contributed by atoms with Crippen LogP contribution in [0.1, 0.15) is 0 Å². The van der Waals surface area contributed by atoms with Crippen LogP contribution in [-0.4, -0.2) is 19.5 Å². The van der Waals surface area contributed by atoms with Gasteiger partial charge in [0, 0.05) is 55.0 Å². The van der Waals surface area contributed by atoms with Crippen LogP contribution in [0.25, 0.3) is 106 Å². The van der Waals surface area contributed by atoms with E-state index in [-0.39, 0.29) is 0 Å². The Labute approximate surface area is 322 Å². The first-order valence-corrected chi connectivity index (χ1v) is 18.8. The smallest absolute Gasteiger partial charge is 0.164 e. The summed E-state index contributed by atoms with van der Waals surface area (Å²) in [7, 11) is 0. The molecule has 56 heavy (non-hydrogen) atoms. The molecule has 0 fully saturated rings. The number of aromatic nitrogens is 4. The number of hydrogen-bond donors (Lipinski definition) is 0. The maximum Gasteiger partial charge on any atom is 0.164 e. The van der Waals surface area contributed by atoms with Crippen molar-refractivity contribution in [3.63, 3.8) is 0 Å². The summed E-state index contributed by atoms with van der Waals surface area (Å²) in [6.45, 7) is 0. The van der Waals surface area contributed by atoms with Crippen LogP contribution in [0.2, 0.25) is 0 Å². The molecule has 0 aliphatic carbocycles. The van der Waals surface area contributed by atoms with Crippen molar-refractivity contribution in [1.29, 1.82) is 0 Å². The fourth-order valence-electron chi connectivity index (χ4n) is 8.09. The zero-order valence-corrected chi connectivity index (χ0v) is 30.2. The van der Waals surface area contributed by atoms with Gasteiger partial charge in [-0.15, -0.1) is 0 Å². The van der Waals surface area contributed by atoms with Gasteiger partial charge in [-0.05, 0) is 53.6 Å². The van der Waals surface area contributed by atoms with Gasteiger partial charge in [-0.25, -0.2) is 15.0 Å². The third-order valence-corrected chi connectivity index (χ3v) is 10.7. The van der Waals surface area contributed by atoms with Crippen molar-refractivity contribution in [2.45, 2.75) is 0 Å². The molecule has 0 unspecified atom stereocenters. The van der Waals surface area contributed by atoms with Gasteiger partial charge < -0.3 is 8.98 Å². The van der Waals surface area contributed by atoms with Crippen molar-refractivity contribution in [2.24, 2.45) is 0 Å². The van der Waals surface area contributed by atoms with E-state index in [4.69, 9.17) is 19.4 Å². The second kappa shape index (κ2) is 13.0. The molecule has 5 nitrogen and oxygen atoms in total. The lowest BCUT2D eigenvalue weighted by atomic mass is 9.95. The third kappa shape index (κ3) is 5.21. The van der Waals surface area contributed by atoms with Crippen molar-refractivity contribution in [2.75, 3.05) is 0 Å². The van der Waals surface area contributed by atoms with Crippen LogP contribution >= 0.6 is 0 Å². The zero-order chi connectivity index (χ0) is 37.0. The van der Waals surface area contributed by atoms with Gasteiger partial charge in [0.1, 0.15) is 11.2 Å². The Kier molecular flexibility index (Phi) is 7.42. The molecular weight excluding hydrogens is 685 g/mol. The van der Waals surface area contributed by atoms with Gasteiger partial charge in [-0.3, -0.25) is 0 Å². The highest BCUT2D eigenvalue weighted by Crippen LogP contribution is 2.45. The molecule has 262 valence electrons. The van der Waals surface area contributed by atoms with Crippen molar-refractivity contribution < 1.29 is 4.42 Å². The molecule has 0 aliphatic heterocycles. The third-order valence-electron chi connectivity index (χ3n) is 10.7. The van der Waals surface area contributed by atoms with Gasteiger partial charge in [0.15, 0.2) is 17.5 Å². The van der Waals surface area contributed by atoms with Crippen LogP contribution in [-0.2, 0) is 0 Å². The number of para-hydroxylation sites is 3.